The van der Waals surface area contributed by atoms with Crippen molar-refractivity contribution in [3.8, 4) is 0 Å². The van der Waals surface area contributed by atoms with Crippen molar-refractivity contribution in [1.29, 1.82) is 0 Å². The number of amides is 1. The largest absolute Gasteiger partial charge is 0.302 e. The highest BCUT2D eigenvalue weighted by molar-refractivity contribution is 7.15. The van der Waals surface area contributed by atoms with Crippen LogP contribution in [-0.2, 0) is 30.5 Å². The van der Waals surface area contributed by atoms with Crippen molar-refractivity contribution in [2.24, 2.45) is 0 Å². The van der Waals surface area contributed by atoms with Crippen LogP contribution in [0.2, 0.25) is 0 Å². The van der Waals surface area contributed by atoms with Crippen LogP contribution in [-0.4, -0.2) is 10.9 Å². The second-order valence-electron chi connectivity index (χ2n) is 5.46. The van der Waals surface area contributed by atoms with E-state index in [0.29, 0.717) is 6.42 Å². The standard InChI is InChI=1S/C17H20N2OS/c1-2-12-6-8-13(9-7-12)10-11-16(20)19-17-18-14-4-3-5-15(14)21-17/h6-9H,2-5,10-11H2,1H3,(H,18,19,20). The molecule has 3 rings (SSSR count). The normalized spacial score (nSPS) is 13.2. The zero-order valence-electron chi connectivity index (χ0n) is 12.3. The van der Waals surface area contributed by atoms with Gasteiger partial charge in [-0.05, 0) is 43.2 Å². The molecule has 0 unspecified atom stereocenters. The number of anilines is 1. The van der Waals surface area contributed by atoms with Crippen LogP contribution in [0.4, 0.5) is 5.13 Å². The van der Waals surface area contributed by atoms with Gasteiger partial charge in [-0.3, -0.25) is 4.79 Å². The quantitative estimate of drug-likeness (QED) is 0.913. The van der Waals surface area contributed by atoms with E-state index in [4.69, 9.17) is 0 Å². The molecule has 1 N–H and O–H groups in total. The summed E-state index contributed by atoms with van der Waals surface area (Å²) in [4.78, 5) is 17.8. The van der Waals surface area contributed by atoms with Gasteiger partial charge < -0.3 is 5.32 Å². The number of hydrogen-bond donors (Lipinski definition) is 1. The summed E-state index contributed by atoms with van der Waals surface area (Å²) in [6, 6.07) is 8.51. The van der Waals surface area contributed by atoms with E-state index in [-0.39, 0.29) is 5.91 Å². The first-order valence-corrected chi connectivity index (χ1v) is 8.42. The molecule has 0 atom stereocenters. The summed E-state index contributed by atoms with van der Waals surface area (Å²) in [5, 5.41) is 3.70. The first-order valence-electron chi connectivity index (χ1n) is 7.61. The number of carbonyl (C=O) groups is 1. The highest BCUT2D eigenvalue weighted by Crippen LogP contribution is 2.30. The molecule has 0 spiro atoms. The summed E-state index contributed by atoms with van der Waals surface area (Å²) < 4.78 is 0. The molecule has 1 heterocycles. The van der Waals surface area contributed by atoms with Crippen molar-refractivity contribution in [3.05, 3.63) is 46.0 Å². The van der Waals surface area contributed by atoms with E-state index >= 15 is 0 Å². The van der Waals surface area contributed by atoms with Gasteiger partial charge in [0.05, 0.1) is 5.69 Å². The van der Waals surface area contributed by atoms with Gasteiger partial charge in [0.1, 0.15) is 0 Å². The van der Waals surface area contributed by atoms with Gasteiger partial charge >= 0.3 is 0 Å². The van der Waals surface area contributed by atoms with Gasteiger partial charge in [-0.1, -0.05) is 31.2 Å². The molecule has 21 heavy (non-hydrogen) atoms. The lowest BCUT2D eigenvalue weighted by Gasteiger charge is -2.03. The minimum absolute atomic E-state index is 0.0574. The van der Waals surface area contributed by atoms with Gasteiger partial charge in [0.25, 0.3) is 0 Å². The van der Waals surface area contributed by atoms with Crippen molar-refractivity contribution in [2.45, 2.75) is 45.4 Å². The number of aromatic nitrogens is 1. The first kappa shape index (κ1) is 14.3. The average molecular weight is 300 g/mol. The van der Waals surface area contributed by atoms with Crippen LogP contribution >= 0.6 is 11.3 Å². The van der Waals surface area contributed by atoms with Crippen LogP contribution < -0.4 is 5.32 Å². The maximum absolute atomic E-state index is 12.0. The van der Waals surface area contributed by atoms with Gasteiger partial charge in [-0.15, -0.1) is 11.3 Å². The zero-order chi connectivity index (χ0) is 14.7. The average Bonchev–Trinajstić information content (AvgIpc) is 3.07. The topological polar surface area (TPSA) is 42.0 Å². The third-order valence-corrected chi connectivity index (χ3v) is 4.99. The summed E-state index contributed by atoms with van der Waals surface area (Å²) in [5.41, 5.74) is 3.73. The predicted molar refractivity (Wildman–Crippen MR) is 86.9 cm³/mol. The van der Waals surface area contributed by atoms with E-state index < -0.39 is 0 Å². The van der Waals surface area contributed by atoms with Crippen LogP contribution in [0, 0.1) is 0 Å². The Hall–Kier alpha value is -1.68. The Morgan fingerprint density at radius 1 is 1.24 bits per heavy atom. The zero-order valence-corrected chi connectivity index (χ0v) is 13.1. The van der Waals surface area contributed by atoms with Gasteiger partial charge in [-0.2, -0.15) is 0 Å². The monoisotopic (exact) mass is 300 g/mol. The highest BCUT2D eigenvalue weighted by Gasteiger charge is 2.17. The van der Waals surface area contributed by atoms with Gasteiger partial charge in [0, 0.05) is 11.3 Å². The molecule has 0 aliphatic heterocycles. The first-order chi connectivity index (χ1) is 10.2. The predicted octanol–water partition coefficient (Wildman–Crippen LogP) is 3.77. The Balaban J connectivity index is 1.51. The molecule has 3 nitrogen and oxygen atoms in total. The molecule has 1 aliphatic carbocycles. The Morgan fingerprint density at radius 2 is 2.00 bits per heavy atom. The lowest BCUT2D eigenvalue weighted by molar-refractivity contribution is -0.116. The van der Waals surface area contributed by atoms with E-state index in [0.717, 1.165) is 30.8 Å². The fraction of sp³-hybridized carbons (Fsp3) is 0.412. The van der Waals surface area contributed by atoms with Crippen molar-refractivity contribution < 1.29 is 4.79 Å². The maximum atomic E-state index is 12.0. The maximum Gasteiger partial charge on any atom is 0.226 e. The fourth-order valence-electron chi connectivity index (χ4n) is 2.63. The van der Waals surface area contributed by atoms with E-state index in [2.05, 4.69) is 41.5 Å². The molecule has 4 heteroatoms. The molecule has 0 fully saturated rings. The third-order valence-electron chi connectivity index (χ3n) is 3.91. The SMILES string of the molecule is CCc1ccc(CCC(=O)Nc2nc3c(s2)CCC3)cc1. The summed E-state index contributed by atoms with van der Waals surface area (Å²) in [7, 11) is 0. The molecule has 0 saturated heterocycles. The number of rotatable bonds is 5. The summed E-state index contributed by atoms with van der Waals surface area (Å²) in [6.07, 6.45) is 5.72. The number of thiazole rings is 1. The fourth-order valence-corrected chi connectivity index (χ4v) is 3.69. The molecule has 2 aromatic rings. The van der Waals surface area contributed by atoms with E-state index in [1.54, 1.807) is 11.3 Å². The molecular formula is C17H20N2OS. The van der Waals surface area contributed by atoms with Crippen LogP contribution in [0.25, 0.3) is 0 Å². The number of aryl methyl sites for hydroxylation is 4. The molecule has 1 amide bonds. The summed E-state index contributed by atoms with van der Waals surface area (Å²) >= 11 is 1.63. The Bertz CT molecular complexity index is 609. The van der Waals surface area contributed by atoms with Crippen LogP contribution in [0.5, 0.6) is 0 Å². The van der Waals surface area contributed by atoms with Crippen LogP contribution in [0.15, 0.2) is 24.3 Å². The van der Waals surface area contributed by atoms with Gasteiger partial charge in [0.15, 0.2) is 5.13 Å². The number of carbonyl (C=O) groups excluding carboxylic acids is 1. The highest BCUT2D eigenvalue weighted by atomic mass is 32.1. The number of nitrogens with zero attached hydrogens (tertiary/aromatic N) is 1. The van der Waals surface area contributed by atoms with Gasteiger partial charge in [-0.25, -0.2) is 4.98 Å². The Morgan fingerprint density at radius 3 is 2.71 bits per heavy atom. The molecule has 110 valence electrons. The second-order valence-corrected chi connectivity index (χ2v) is 6.54. The Kier molecular flexibility index (Phi) is 4.34. The minimum Gasteiger partial charge on any atom is -0.302 e. The third kappa shape index (κ3) is 3.50. The smallest absolute Gasteiger partial charge is 0.226 e. The molecular weight excluding hydrogens is 280 g/mol. The minimum atomic E-state index is 0.0574. The number of fused-ring (bicyclic) bond motifs is 1. The number of hydrogen-bond acceptors (Lipinski definition) is 3. The molecule has 0 radical (unpaired) electrons. The molecule has 1 aromatic heterocycles. The van der Waals surface area contributed by atoms with E-state index in [1.165, 1.54) is 28.1 Å². The van der Waals surface area contributed by atoms with Crippen molar-refractivity contribution in [3.63, 3.8) is 0 Å². The van der Waals surface area contributed by atoms with Crippen molar-refractivity contribution in [1.82, 2.24) is 4.98 Å². The molecule has 1 aromatic carbocycles. The van der Waals surface area contributed by atoms with E-state index in [9.17, 15) is 4.79 Å². The summed E-state index contributed by atoms with van der Waals surface area (Å²) in [6.45, 7) is 2.15. The van der Waals surface area contributed by atoms with Crippen LogP contribution in [0.3, 0.4) is 0 Å². The molecule has 0 bridgehead atoms. The molecule has 1 aliphatic rings. The number of nitrogens with one attached hydrogen (secondary N) is 1. The van der Waals surface area contributed by atoms with Gasteiger partial charge in [0.2, 0.25) is 5.91 Å². The van der Waals surface area contributed by atoms with E-state index in [1.807, 2.05) is 0 Å². The van der Waals surface area contributed by atoms with Crippen molar-refractivity contribution in [2.75, 3.05) is 5.32 Å². The lowest BCUT2D eigenvalue weighted by atomic mass is 10.1. The molecule has 0 saturated carbocycles. The second kappa shape index (κ2) is 6.39. The van der Waals surface area contributed by atoms with Crippen molar-refractivity contribution >= 4 is 22.4 Å². The van der Waals surface area contributed by atoms with Crippen LogP contribution in [0.1, 0.15) is 41.5 Å². The summed E-state index contributed by atoms with van der Waals surface area (Å²) in [5.74, 6) is 0.0574. The Labute approximate surface area is 129 Å². The number of benzene rings is 1. The lowest BCUT2D eigenvalue weighted by Crippen LogP contribution is -2.12.